The smallest absolute Gasteiger partial charge is 0.291 e. The fourth-order valence-corrected chi connectivity index (χ4v) is 0.962. The number of nitro benzene ring substituents is 1. The molecule has 0 aliphatic rings. The van der Waals surface area contributed by atoms with E-state index in [1.54, 1.807) is 0 Å². The van der Waals surface area contributed by atoms with Gasteiger partial charge in [-0.2, -0.15) is 0 Å². The molecular formula is C7H5ClNO3. The zero-order valence-corrected chi connectivity index (χ0v) is 6.71. The highest BCUT2D eigenvalue weighted by atomic mass is 35.5. The molecule has 12 heavy (non-hydrogen) atoms. The summed E-state index contributed by atoms with van der Waals surface area (Å²) in [6.45, 7) is 3.44. The zero-order valence-electron chi connectivity index (χ0n) is 5.95. The number of hydrogen-bond donors (Lipinski definition) is 1. The molecule has 63 valence electrons. The van der Waals surface area contributed by atoms with Crippen molar-refractivity contribution in [1.29, 1.82) is 0 Å². The molecule has 0 aliphatic carbocycles. The Bertz CT molecular complexity index is 338. The van der Waals surface area contributed by atoms with Crippen molar-refractivity contribution < 1.29 is 10.0 Å². The summed E-state index contributed by atoms with van der Waals surface area (Å²) in [6.07, 6.45) is 0. The summed E-state index contributed by atoms with van der Waals surface area (Å²) in [5.41, 5.74) is 0.0188. The van der Waals surface area contributed by atoms with Crippen LogP contribution in [0.1, 0.15) is 5.56 Å². The third-order valence-electron chi connectivity index (χ3n) is 1.29. The van der Waals surface area contributed by atoms with E-state index in [9.17, 15) is 10.1 Å². The summed E-state index contributed by atoms with van der Waals surface area (Å²) in [7, 11) is 0. The highest BCUT2D eigenvalue weighted by Gasteiger charge is 2.15. The van der Waals surface area contributed by atoms with Crippen LogP contribution >= 0.6 is 11.6 Å². The maximum atomic E-state index is 10.3. The average Bonchev–Trinajstić information content (AvgIpc) is 1.96. The van der Waals surface area contributed by atoms with Gasteiger partial charge in [0.05, 0.1) is 4.92 Å². The Balaban J connectivity index is 3.37. The highest BCUT2D eigenvalue weighted by Crippen LogP contribution is 2.33. The topological polar surface area (TPSA) is 63.4 Å². The molecule has 0 aliphatic heterocycles. The van der Waals surface area contributed by atoms with Gasteiger partial charge in [-0.15, -0.1) is 0 Å². The predicted molar refractivity (Wildman–Crippen MR) is 44.2 cm³/mol. The van der Waals surface area contributed by atoms with Gasteiger partial charge in [0.15, 0.2) is 5.02 Å². The number of benzene rings is 1. The summed E-state index contributed by atoms with van der Waals surface area (Å²) >= 11 is 5.44. The van der Waals surface area contributed by atoms with Crippen molar-refractivity contribution in [3.63, 3.8) is 0 Å². The van der Waals surface area contributed by atoms with Crippen LogP contribution in [0.4, 0.5) is 5.69 Å². The van der Waals surface area contributed by atoms with Crippen LogP contribution in [-0.4, -0.2) is 10.0 Å². The molecule has 0 amide bonds. The summed E-state index contributed by atoms with van der Waals surface area (Å²) in [6, 6.07) is 2.46. The number of phenols is 1. The van der Waals surface area contributed by atoms with E-state index < -0.39 is 4.92 Å². The van der Waals surface area contributed by atoms with E-state index in [0.29, 0.717) is 5.56 Å². The Morgan fingerprint density at radius 3 is 2.67 bits per heavy atom. The van der Waals surface area contributed by atoms with Crippen LogP contribution in [-0.2, 0) is 0 Å². The van der Waals surface area contributed by atoms with Crippen LogP contribution in [0.3, 0.4) is 0 Å². The van der Waals surface area contributed by atoms with Crippen molar-refractivity contribution >= 4 is 17.3 Å². The predicted octanol–water partition coefficient (Wildman–Crippen LogP) is 2.14. The quantitative estimate of drug-likeness (QED) is 0.540. The molecule has 0 heterocycles. The fourth-order valence-electron chi connectivity index (χ4n) is 0.784. The lowest BCUT2D eigenvalue weighted by Gasteiger charge is -1.99. The van der Waals surface area contributed by atoms with Gasteiger partial charge in [-0.1, -0.05) is 11.6 Å². The Labute approximate surface area is 73.5 Å². The number of aromatic hydroxyl groups is 1. The van der Waals surface area contributed by atoms with E-state index in [2.05, 4.69) is 6.92 Å². The molecule has 0 atom stereocenters. The minimum absolute atomic E-state index is 0.257. The Hall–Kier alpha value is -1.29. The fraction of sp³-hybridized carbons (Fsp3) is 0. The molecule has 0 fully saturated rings. The number of halogens is 1. The summed E-state index contributed by atoms with van der Waals surface area (Å²) in [5.74, 6) is -0.323. The minimum atomic E-state index is -0.670. The minimum Gasteiger partial charge on any atom is -0.506 e. The monoisotopic (exact) mass is 186 g/mol. The van der Waals surface area contributed by atoms with Gasteiger partial charge in [0.1, 0.15) is 5.75 Å². The molecule has 1 N–H and O–H groups in total. The van der Waals surface area contributed by atoms with E-state index in [4.69, 9.17) is 16.7 Å². The molecule has 4 nitrogen and oxygen atoms in total. The van der Waals surface area contributed by atoms with Gasteiger partial charge in [0.25, 0.3) is 5.69 Å². The first-order chi connectivity index (χ1) is 5.52. The molecule has 0 saturated heterocycles. The number of rotatable bonds is 1. The molecule has 1 aromatic rings. The second-order valence-corrected chi connectivity index (χ2v) is 2.58. The molecule has 1 rings (SSSR count). The Morgan fingerprint density at radius 2 is 2.17 bits per heavy atom. The zero-order chi connectivity index (χ0) is 9.30. The van der Waals surface area contributed by atoms with Gasteiger partial charge < -0.3 is 5.11 Å². The summed E-state index contributed by atoms with van der Waals surface area (Å²) in [4.78, 5) is 9.64. The highest BCUT2D eigenvalue weighted by molar-refractivity contribution is 6.34. The molecule has 0 aromatic heterocycles. The standard InChI is InChI=1S/C7H5ClNO3/c1-4-2-5(9(11)12)7(8)6(10)3-4/h2-3,10H,1H2. The lowest BCUT2D eigenvalue weighted by Crippen LogP contribution is -1.90. The van der Waals surface area contributed by atoms with Crippen LogP contribution in [0.25, 0.3) is 0 Å². The lowest BCUT2D eigenvalue weighted by molar-refractivity contribution is -0.384. The van der Waals surface area contributed by atoms with Crippen molar-refractivity contribution in [3.05, 3.63) is 39.8 Å². The molecule has 1 aromatic carbocycles. The normalized spacial score (nSPS) is 9.83. The van der Waals surface area contributed by atoms with Crippen molar-refractivity contribution in [2.45, 2.75) is 0 Å². The van der Waals surface area contributed by atoms with Crippen molar-refractivity contribution in [2.75, 3.05) is 0 Å². The van der Waals surface area contributed by atoms with E-state index in [0.717, 1.165) is 0 Å². The largest absolute Gasteiger partial charge is 0.506 e. The number of phenolic OH excluding ortho intramolecular Hbond substituents is 1. The molecule has 0 unspecified atom stereocenters. The van der Waals surface area contributed by atoms with E-state index in [1.165, 1.54) is 12.1 Å². The first kappa shape index (κ1) is 8.80. The lowest BCUT2D eigenvalue weighted by atomic mass is 10.2. The van der Waals surface area contributed by atoms with Gasteiger partial charge in [-0.25, -0.2) is 0 Å². The first-order valence-electron chi connectivity index (χ1n) is 3.01. The van der Waals surface area contributed by atoms with E-state index >= 15 is 0 Å². The summed E-state index contributed by atoms with van der Waals surface area (Å²) < 4.78 is 0. The van der Waals surface area contributed by atoms with Crippen LogP contribution < -0.4 is 0 Å². The molecule has 1 radical (unpaired) electrons. The van der Waals surface area contributed by atoms with Gasteiger partial charge in [-0.05, 0) is 18.6 Å². The van der Waals surface area contributed by atoms with Crippen LogP contribution in [0, 0.1) is 17.0 Å². The van der Waals surface area contributed by atoms with Crippen LogP contribution in [0.5, 0.6) is 5.75 Å². The van der Waals surface area contributed by atoms with Crippen LogP contribution in [0.15, 0.2) is 12.1 Å². The Morgan fingerprint density at radius 1 is 1.58 bits per heavy atom. The number of hydrogen-bond acceptors (Lipinski definition) is 3. The average molecular weight is 187 g/mol. The Kier molecular flexibility index (Phi) is 2.19. The van der Waals surface area contributed by atoms with Crippen molar-refractivity contribution in [3.8, 4) is 5.75 Å². The SMILES string of the molecule is [CH2]c1cc(O)c(Cl)c([N+](=O)[O-])c1. The van der Waals surface area contributed by atoms with Crippen molar-refractivity contribution in [2.24, 2.45) is 0 Å². The van der Waals surface area contributed by atoms with Gasteiger partial charge in [0, 0.05) is 6.07 Å². The van der Waals surface area contributed by atoms with Gasteiger partial charge in [0.2, 0.25) is 0 Å². The first-order valence-corrected chi connectivity index (χ1v) is 3.39. The number of nitrogens with zero attached hydrogens (tertiary/aromatic N) is 1. The van der Waals surface area contributed by atoms with E-state index in [-0.39, 0.29) is 16.5 Å². The van der Waals surface area contributed by atoms with E-state index in [1.807, 2.05) is 0 Å². The van der Waals surface area contributed by atoms with Gasteiger partial charge >= 0.3 is 0 Å². The molecule has 0 spiro atoms. The second kappa shape index (κ2) is 2.98. The maximum absolute atomic E-state index is 10.3. The second-order valence-electron chi connectivity index (χ2n) is 2.21. The summed E-state index contributed by atoms with van der Waals surface area (Å²) in [5, 5.41) is 19.1. The molecule has 0 saturated carbocycles. The molecule has 0 bridgehead atoms. The maximum Gasteiger partial charge on any atom is 0.291 e. The third-order valence-corrected chi connectivity index (χ3v) is 1.68. The third kappa shape index (κ3) is 1.48. The van der Waals surface area contributed by atoms with Gasteiger partial charge in [-0.3, -0.25) is 10.1 Å². The number of nitro groups is 1. The van der Waals surface area contributed by atoms with Crippen molar-refractivity contribution in [1.82, 2.24) is 0 Å². The molecule has 5 heteroatoms. The molecular weight excluding hydrogens is 182 g/mol. The van der Waals surface area contributed by atoms with Crippen LogP contribution in [0.2, 0.25) is 5.02 Å².